The van der Waals surface area contributed by atoms with Crippen molar-refractivity contribution >= 4 is 50.7 Å². The van der Waals surface area contributed by atoms with Gasteiger partial charge in [-0.15, -0.1) is 23.2 Å². The zero-order valence-electron chi connectivity index (χ0n) is 24.3. The second-order valence-electron chi connectivity index (χ2n) is 11.8. The van der Waals surface area contributed by atoms with Gasteiger partial charge in [0.05, 0.1) is 10.3 Å². The van der Waals surface area contributed by atoms with Crippen molar-refractivity contribution in [1.82, 2.24) is 20.1 Å². The molecule has 2 amide bonds. The summed E-state index contributed by atoms with van der Waals surface area (Å²) in [5, 5.41) is 1.90. The Balaban J connectivity index is 1.49. The number of hydrogen-bond donors (Lipinski definition) is 3. The molecule has 43 heavy (non-hydrogen) atoms. The summed E-state index contributed by atoms with van der Waals surface area (Å²) in [6, 6.07) is 0.512. The molecule has 9 nitrogen and oxygen atoms in total. The Morgan fingerprint density at radius 2 is 1.79 bits per heavy atom. The number of halogens is 5. The van der Waals surface area contributed by atoms with Gasteiger partial charge in [-0.2, -0.15) is 17.9 Å². The maximum Gasteiger partial charge on any atom is 0.404 e. The Kier molecular flexibility index (Phi) is 11.3. The van der Waals surface area contributed by atoms with E-state index in [1.807, 2.05) is 4.72 Å². The lowest BCUT2D eigenvalue weighted by atomic mass is 9.88. The highest BCUT2D eigenvalue weighted by Gasteiger charge is 2.45. The van der Waals surface area contributed by atoms with Crippen molar-refractivity contribution in [3.63, 3.8) is 0 Å². The van der Waals surface area contributed by atoms with E-state index in [4.69, 9.17) is 23.2 Å². The Morgan fingerprint density at radius 3 is 2.47 bits per heavy atom. The summed E-state index contributed by atoms with van der Waals surface area (Å²) in [6.45, 7) is 3.79. The summed E-state index contributed by atoms with van der Waals surface area (Å²) >= 11 is 12.0. The number of anilines is 1. The highest BCUT2D eigenvalue weighted by Crippen LogP contribution is 2.34. The molecule has 1 aromatic carbocycles. The minimum absolute atomic E-state index is 0.0456. The number of piperidine rings is 1. The third-order valence-corrected chi connectivity index (χ3v) is 11.3. The minimum atomic E-state index is -4.80. The van der Waals surface area contributed by atoms with Crippen LogP contribution < -0.4 is 15.5 Å². The number of rotatable bonds is 9. The van der Waals surface area contributed by atoms with Gasteiger partial charge in [0.25, 0.3) is 5.91 Å². The first-order valence-corrected chi connectivity index (χ1v) is 17.2. The number of sulfonamides is 1. The van der Waals surface area contributed by atoms with Crippen LogP contribution in [0, 0.1) is 6.92 Å². The molecule has 1 saturated carbocycles. The first-order chi connectivity index (χ1) is 20.2. The fraction of sp³-hybridized carbons (Fsp3) is 0.714. The molecule has 0 bridgehead atoms. The van der Waals surface area contributed by atoms with Crippen molar-refractivity contribution in [1.29, 1.82) is 0 Å². The second-order valence-corrected chi connectivity index (χ2v) is 14.5. The van der Waals surface area contributed by atoms with E-state index in [1.165, 1.54) is 26.0 Å². The topological polar surface area (TPSA) is 111 Å². The molecule has 3 fully saturated rings. The monoisotopic (exact) mass is 669 g/mol. The van der Waals surface area contributed by atoms with Crippen LogP contribution in [-0.2, 0) is 19.6 Å². The van der Waals surface area contributed by atoms with E-state index in [1.54, 1.807) is 0 Å². The molecule has 2 heterocycles. The van der Waals surface area contributed by atoms with E-state index in [0.717, 1.165) is 62.6 Å². The molecule has 2 aliphatic heterocycles. The number of aryl methyl sites for hydroxylation is 1. The standard InChI is InChI=1S/C28H40Cl2F3N5O4S/c1-17-11-12-19(35-26(39)18(2)38-27(40)25(30)22(29)16-34-38)14-23(17)43(41,42)36-24(28(31,32)33)15-21-10-6-7-13-37(21)20-8-4-3-5-9-20/h11-12,14,18,20-22,24-25,34,36H,3-10,13,15-16H2,1-2H3,(H,35,39)/t18-,21?,22?,24-,25?/m0/s1. The smallest absolute Gasteiger partial charge is 0.324 e. The molecule has 2 saturated heterocycles. The molecule has 1 aromatic rings. The molecule has 242 valence electrons. The lowest BCUT2D eigenvalue weighted by Crippen LogP contribution is -2.62. The van der Waals surface area contributed by atoms with Crippen LogP contribution in [0.4, 0.5) is 18.9 Å². The molecule has 0 spiro atoms. The molecular weight excluding hydrogens is 630 g/mol. The van der Waals surface area contributed by atoms with Gasteiger partial charge in [0.15, 0.2) is 0 Å². The predicted molar refractivity (Wildman–Crippen MR) is 159 cm³/mol. The normalized spacial score (nSPS) is 26.3. The number of hydrazine groups is 1. The molecular formula is C28H40Cl2F3N5O4S. The number of likely N-dealkylation sites (tertiary alicyclic amines) is 1. The van der Waals surface area contributed by atoms with Crippen LogP contribution in [0.25, 0.3) is 0 Å². The number of amides is 2. The van der Waals surface area contributed by atoms with Gasteiger partial charge in [-0.3, -0.25) is 19.5 Å². The summed E-state index contributed by atoms with van der Waals surface area (Å²) in [6.07, 6.45) is 2.31. The highest BCUT2D eigenvalue weighted by atomic mass is 35.5. The second kappa shape index (κ2) is 14.2. The minimum Gasteiger partial charge on any atom is -0.324 e. The van der Waals surface area contributed by atoms with Gasteiger partial charge >= 0.3 is 6.18 Å². The molecule has 4 rings (SSSR count). The Morgan fingerprint density at radius 1 is 1.12 bits per heavy atom. The summed E-state index contributed by atoms with van der Waals surface area (Å²) in [5.41, 5.74) is 3.00. The van der Waals surface area contributed by atoms with Crippen molar-refractivity contribution < 1.29 is 31.2 Å². The lowest BCUT2D eigenvalue weighted by molar-refractivity contribution is -0.157. The number of carbonyl (C=O) groups excluding carboxylic acids is 2. The van der Waals surface area contributed by atoms with Crippen molar-refractivity contribution in [2.24, 2.45) is 0 Å². The van der Waals surface area contributed by atoms with E-state index in [2.05, 4.69) is 15.6 Å². The number of nitrogens with zero attached hydrogens (tertiary/aromatic N) is 2. The van der Waals surface area contributed by atoms with Crippen LogP contribution in [0.15, 0.2) is 23.1 Å². The number of benzene rings is 1. The van der Waals surface area contributed by atoms with Gasteiger partial charge in [-0.25, -0.2) is 13.8 Å². The van der Waals surface area contributed by atoms with Crippen LogP contribution in [0.5, 0.6) is 0 Å². The quantitative estimate of drug-likeness (QED) is 0.330. The van der Waals surface area contributed by atoms with E-state index in [-0.39, 0.29) is 41.2 Å². The average molecular weight is 671 g/mol. The summed E-state index contributed by atoms with van der Waals surface area (Å²) in [4.78, 5) is 27.2. The van der Waals surface area contributed by atoms with Crippen LogP contribution in [0.1, 0.15) is 70.3 Å². The van der Waals surface area contributed by atoms with Crippen molar-refractivity contribution in [3.05, 3.63) is 23.8 Å². The third-order valence-electron chi connectivity index (χ3n) is 8.68. The fourth-order valence-corrected chi connectivity index (χ4v) is 8.13. The largest absolute Gasteiger partial charge is 0.404 e. The third kappa shape index (κ3) is 8.35. The van der Waals surface area contributed by atoms with Crippen LogP contribution in [0.2, 0.25) is 0 Å². The van der Waals surface area contributed by atoms with Gasteiger partial charge < -0.3 is 5.32 Å². The molecule has 1 aliphatic carbocycles. The van der Waals surface area contributed by atoms with E-state index < -0.39 is 50.9 Å². The van der Waals surface area contributed by atoms with E-state index in [0.29, 0.717) is 6.42 Å². The molecule has 3 N–H and O–H groups in total. The van der Waals surface area contributed by atoms with Crippen molar-refractivity contribution in [2.45, 2.75) is 118 Å². The Bertz CT molecular complexity index is 1270. The van der Waals surface area contributed by atoms with Crippen LogP contribution >= 0.6 is 23.2 Å². The van der Waals surface area contributed by atoms with Gasteiger partial charge in [-0.1, -0.05) is 31.7 Å². The summed E-state index contributed by atoms with van der Waals surface area (Å²) in [5.74, 6) is -1.25. The number of carbonyl (C=O) groups is 2. The zero-order valence-corrected chi connectivity index (χ0v) is 26.6. The Hall–Kier alpha value is -1.64. The number of hydrogen-bond acceptors (Lipinski definition) is 6. The van der Waals surface area contributed by atoms with Crippen molar-refractivity contribution in [3.8, 4) is 0 Å². The molecule has 15 heteroatoms. The predicted octanol–water partition coefficient (Wildman–Crippen LogP) is 4.67. The summed E-state index contributed by atoms with van der Waals surface area (Å²) < 4.78 is 71.8. The first kappa shape index (κ1) is 34.2. The number of nitrogens with one attached hydrogen (secondary N) is 3. The van der Waals surface area contributed by atoms with Gasteiger partial charge in [0.2, 0.25) is 15.9 Å². The van der Waals surface area contributed by atoms with Crippen LogP contribution in [-0.4, -0.2) is 84.3 Å². The van der Waals surface area contributed by atoms with Gasteiger partial charge in [0.1, 0.15) is 17.5 Å². The Labute approximate surface area is 261 Å². The van der Waals surface area contributed by atoms with Crippen LogP contribution in [0.3, 0.4) is 0 Å². The lowest BCUT2D eigenvalue weighted by Gasteiger charge is -2.44. The van der Waals surface area contributed by atoms with Gasteiger partial charge in [0, 0.05) is 24.3 Å². The van der Waals surface area contributed by atoms with E-state index in [9.17, 15) is 31.2 Å². The summed E-state index contributed by atoms with van der Waals surface area (Å²) in [7, 11) is -4.64. The average Bonchev–Trinajstić information content (AvgIpc) is 2.96. The SMILES string of the molecule is Cc1ccc(NC(=O)[C@H](C)N2NCC(Cl)C(Cl)C2=O)cc1S(=O)(=O)N[C@@H](CC1CCCCN1C1CCCCC1)C(F)(F)F. The molecule has 5 atom stereocenters. The highest BCUT2D eigenvalue weighted by molar-refractivity contribution is 7.89. The molecule has 3 aliphatic rings. The maximum absolute atomic E-state index is 14.3. The molecule has 0 radical (unpaired) electrons. The van der Waals surface area contributed by atoms with Gasteiger partial charge in [-0.05, 0) is 70.2 Å². The fourth-order valence-electron chi connectivity index (χ4n) is 6.25. The first-order valence-electron chi connectivity index (χ1n) is 14.8. The molecule has 0 aromatic heterocycles. The number of alkyl halides is 5. The van der Waals surface area contributed by atoms with E-state index >= 15 is 0 Å². The van der Waals surface area contributed by atoms with Crippen molar-refractivity contribution in [2.75, 3.05) is 18.4 Å². The molecule has 3 unspecified atom stereocenters. The zero-order chi connectivity index (χ0) is 31.5. The maximum atomic E-state index is 14.3.